The maximum atomic E-state index is 12.6. The molecule has 0 radical (unpaired) electrons. The van der Waals surface area contributed by atoms with Crippen LogP contribution < -0.4 is 20.7 Å². The third-order valence-electron chi connectivity index (χ3n) is 4.51. The molecule has 0 spiro atoms. The van der Waals surface area contributed by atoms with Crippen LogP contribution in [-0.2, 0) is 13.1 Å². The number of nitrogens with one attached hydrogen (secondary N) is 3. The van der Waals surface area contributed by atoms with Gasteiger partial charge in [-0.2, -0.15) is 5.10 Å². The van der Waals surface area contributed by atoms with Crippen molar-refractivity contribution in [3.63, 3.8) is 0 Å². The van der Waals surface area contributed by atoms with Crippen LogP contribution in [0.25, 0.3) is 0 Å². The number of benzene rings is 2. The van der Waals surface area contributed by atoms with Crippen molar-refractivity contribution in [2.45, 2.75) is 13.1 Å². The Morgan fingerprint density at radius 3 is 2.74 bits per heavy atom. The SMILES string of the molecule is COc1ccccc1Nc1ccc(NC(=O)c2cnn3c2CNCC3)cc1. The minimum absolute atomic E-state index is 0.148. The summed E-state index contributed by atoms with van der Waals surface area (Å²) in [6.07, 6.45) is 1.63. The first-order valence-electron chi connectivity index (χ1n) is 8.81. The van der Waals surface area contributed by atoms with Gasteiger partial charge in [0.05, 0.1) is 36.8 Å². The largest absolute Gasteiger partial charge is 0.495 e. The van der Waals surface area contributed by atoms with Gasteiger partial charge in [-0.25, -0.2) is 0 Å². The molecule has 3 N–H and O–H groups in total. The first kappa shape index (κ1) is 17.1. The van der Waals surface area contributed by atoms with Crippen LogP contribution in [-0.4, -0.2) is 29.3 Å². The Morgan fingerprint density at radius 1 is 1.15 bits per heavy atom. The van der Waals surface area contributed by atoms with Crippen molar-refractivity contribution in [3.8, 4) is 5.75 Å². The molecule has 0 unspecified atom stereocenters. The van der Waals surface area contributed by atoms with Crippen molar-refractivity contribution in [3.05, 3.63) is 66.0 Å². The second-order valence-corrected chi connectivity index (χ2v) is 6.26. The Hall–Kier alpha value is -3.32. The van der Waals surface area contributed by atoms with Gasteiger partial charge >= 0.3 is 0 Å². The number of ether oxygens (including phenoxy) is 1. The van der Waals surface area contributed by atoms with Gasteiger partial charge in [0.1, 0.15) is 5.75 Å². The molecule has 7 nitrogen and oxygen atoms in total. The maximum absolute atomic E-state index is 12.6. The lowest BCUT2D eigenvalue weighted by Crippen LogP contribution is -2.30. The normalized spacial score (nSPS) is 12.9. The van der Waals surface area contributed by atoms with Crippen LogP contribution in [0.1, 0.15) is 16.1 Å². The third kappa shape index (κ3) is 3.63. The van der Waals surface area contributed by atoms with Gasteiger partial charge in [0, 0.05) is 24.5 Å². The lowest BCUT2D eigenvalue weighted by atomic mass is 10.2. The highest BCUT2D eigenvalue weighted by Crippen LogP contribution is 2.27. The lowest BCUT2D eigenvalue weighted by Gasteiger charge is -2.16. The summed E-state index contributed by atoms with van der Waals surface area (Å²) in [4.78, 5) is 12.6. The third-order valence-corrected chi connectivity index (χ3v) is 4.51. The van der Waals surface area contributed by atoms with Crippen LogP contribution in [0.3, 0.4) is 0 Å². The van der Waals surface area contributed by atoms with Gasteiger partial charge < -0.3 is 20.7 Å². The summed E-state index contributed by atoms with van der Waals surface area (Å²) in [6.45, 7) is 2.31. The molecule has 0 bridgehead atoms. The van der Waals surface area contributed by atoms with E-state index >= 15 is 0 Å². The van der Waals surface area contributed by atoms with Gasteiger partial charge in [-0.1, -0.05) is 12.1 Å². The number of amides is 1. The van der Waals surface area contributed by atoms with E-state index in [0.717, 1.165) is 41.6 Å². The summed E-state index contributed by atoms with van der Waals surface area (Å²) in [5.74, 6) is 0.625. The molecule has 2 heterocycles. The monoisotopic (exact) mass is 363 g/mol. The van der Waals surface area contributed by atoms with E-state index in [0.29, 0.717) is 12.1 Å². The van der Waals surface area contributed by atoms with Crippen molar-refractivity contribution in [2.75, 3.05) is 24.3 Å². The standard InChI is InChI=1S/C20H21N5O2/c1-27-19-5-3-2-4-17(19)23-14-6-8-15(9-7-14)24-20(26)16-12-22-25-11-10-21-13-18(16)25/h2-9,12,21,23H,10-11,13H2,1H3,(H,24,26). The highest BCUT2D eigenvalue weighted by molar-refractivity contribution is 6.05. The van der Waals surface area contributed by atoms with E-state index < -0.39 is 0 Å². The number of rotatable bonds is 5. The summed E-state index contributed by atoms with van der Waals surface area (Å²) < 4.78 is 7.23. The molecule has 1 aliphatic rings. The fraction of sp³-hybridized carbons (Fsp3) is 0.200. The van der Waals surface area contributed by atoms with Gasteiger partial charge in [0.2, 0.25) is 0 Å². The molecule has 0 saturated heterocycles. The molecule has 1 aliphatic heterocycles. The van der Waals surface area contributed by atoms with Crippen molar-refractivity contribution < 1.29 is 9.53 Å². The second kappa shape index (κ2) is 7.51. The van der Waals surface area contributed by atoms with Gasteiger partial charge in [-0.05, 0) is 36.4 Å². The van der Waals surface area contributed by atoms with Crippen LogP contribution in [0.15, 0.2) is 54.7 Å². The van der Waals surface area contributed by atoms with Crippen molar-refractivity contribution in [1.29, 1.82) is 0 Å². The molecule has 1 aromatic heterocycles. The summed E-state index contributed by atoms with van der Waals surface area (Å²) in [5.41, 5.74) is 4.06. The second-order valence-electron chi connectivity index (χ2n) is 6.26. The van der Waals surface area contributed by atoms with E-state index in [2.05, 4.69) is 21.0 Å². The lowest BCUT2D eigenvalue weighted by molar-refractivity contribution is 0.102. The van der Waals surface area contributed by atoms with Crippen LogP contribution >= 0.6 is 0 Å². The Bertz CT molecular complexity index is 949. The molecular formula is C20H21N5O2. The predicted octanol–water partition coefficient (Wildman–Crippen LogP) is 2.99. The van der Waals surface area contributed by atoms with E-state index in [4.69, 9.17) is 4.74 Å². The quantitative estimate of drug-likeness (QED) is 0.649. The smallest absolute Gasteiger partial charge is 0.259 e. The van der Waals surface area contributed by atoms with E-state index in [9.17, 15) is 4.79 Å². The van der Waals surface area contributed by atoms with E-state index in [1.165, 1.54) is 0 Å². The Morgan fingerprint density at radius 2 is 1.93 bits per heavy atom. The first-order chi connectivity index (χ1) is 13.2. The molecule has 0 fully saturated rings. The molecule has 2 aromatic carbocycles. The van der Waals surface area contributed by atoms with E-state index in [1.807, 2.05) is 53.2 Å². The average Bonchev–Trinajstić information content (AvgIpc) is 3.14. The predicted molar refractivity (Wildman–Crippen MR) is 105 cm³/mol. The number of carbonyl (C=O) groups excluding carboxylic acids is 1. The zero-order valence-corrected chi connectivity index (χ0v) is 15.0. The van der Waals surface area contributed by atoms with Crippen molar-refractivity contribution in [2.24, 2.45) is 0 Å². The van der Waals surface area contributed by atoms with Crippen LogP contribution in [0.5, 0.6) is 5.75 Å². The number of anilines is 3. The van der Waals surface area contributed by atoms with Gasteiger partial charge in [-0.15, -0.1) is 0 Å². The first-order valence-corrected chi connectivity index (χ1v) is 8.81. The zero-order valence-electron chi connectivity index (χ0n) is 15.0. The number of methoxy groups -OCH3 is 1. The fourth-order valence-corrected chi connectivity index (χ4v) is 3.11. The average molecular weight is 363 g/mol. The highest BCUT2D eigenvalue weighted by atomic mass is 16.5. The molecule has 4 rings (SSSR count). The molecule has 0 saturated carbocycles. The number of carbonyl (C=O) groups is 1. The Balaban J connectivity index is 1.45. The zero-order chi connectivity index (χ0) is 18.6. The van der Waals surface area contributed by atoms with Crippen LogP contribution in [0, 0.1) is 0 Å². The van der Waals surface area contributed by atoms with Gasteiger partial charge in [-0.3, -0.25) is 9.48 Å². The minimum Gasteiger partial charge on any atom is -0.495 e. The van der Waals surface area contributed by atoms with Crippen LogP contribution in [0.4, 0.5) is 17.1 Å². The molecule has 3 aromatic rings. The molecule has 27 heavy (non-hydrogen) atoms. The summed E-state index contributed by atoms with van der Waals surface area (Å²) in [5, 5.41) is 13.8. The molecule has 0 atom stereocenters. The number of aromatic nitrogens is 2. The van der Waals surface area contributed by atoms with Gasteiger partial charge in [0.25, 0.3) is 5.91 Å². The highest BCUT2D eigenvalue weighted by Gasteiger charge is 2.19. The number of hydrogen-bond acceptors (Lipinski definition) is 5. The summed E-state index contributed by atoms with van der Waals surface area (Å²) in [6, 6.07) is 15.3. The molecular weight excluding hydrogens is 342 g/mol. The summed E-state index contributed by atoms with van der Waals surface area (Å²) >= 11 is 0. The van der Waals surface area contributed by atoms with E-state index in [-0.39, 0.29) is 5.91 Å². The Labute approximate surface area is 157 Å². The number of hydrogen-bond donors (Lipinski definition) is 3. The molecule has 0 aliphatic carbocycles. The van der Waals surface area contributed by atoms with Crippen molar-refractivity contribution >= 4 is 23.0 Å². The fourth-order valence-electron chi connectivity index (χ4n) is 3.11. The van der Waals surface area contributed by atoms with Crippen LogP contribution in [0.2, 0.25) is 0 Å². The van der Waals surface area contributed by atoms with Crippen molar-refractivity contribution in [1.82, 2.24) is 15.1 Å². The number of para-hydroxylation sites is 2. The molecule has 7 heteroatoms. The molecule has 1 amide bonds. The van der Waals surface area contributed by atoms with E-state index in [1.54, 1.807) is 13.3 Å². The maximum Gasteiger partial charge on any atom is 0.259 e. The minimum atomic E-state index is -0.148. The number of nitrogens with zero attached hydrogens (tertiary/aromatic N) is 2. The number of fused-ring (bicyclic) bond motifs is 1. The van der Waals surface area contributed by atoms with Gasteiger partial charge in [0.15, 0.2) is 0 Å². The Kier molecular flexibility index (Phi) is 4.76. The molecule has 138 valence electrons. The summed E-state index contributed by atoms with van der Waals surface area (Å²) in [7, 11) is 1.64. The topological polar surface area (TPSA) is 80.2 Å².